The molecule has 1 amide bonds. The molecule has 33 heavy (non-hydrogen) atoms. The number of aromatic nitrogens is 2. The normalized spacial score (nSPS) is 13.1. The van der Waals surface area contributed by atoms with Gasteiger partial charge >= 0.3 is 6.18 Å². The monoisotopic (exact) mass is 458 g/mol. The van der Waals surface area contributed by atoms with E-state index in [1.807, 2.05) is 31.2 Å². The largest absolute Gasteiger partial charge is 0.406 e. The number of aryl methyl sites for hydroxylation is 1. The van der Waals surface area contributed by atoms with Crippen LogP contribution in [-0.2, 0) is 19.4 Å². The van der Waals surface area contributed by atoms with E-state index in [0.717, 1.165) is 23.4 Å². The molecule has 172 valence electrons. The number of carbonyl (C=O) groups excluding carboxylic acids is 1. The van der Waals surface area contributed by atoms with Gasteiger partial charge in [0.15, 0.2) is 5.69 Å². The first-order valence-corrected chi connectivity index (χ1v) is 10.4. The summed E-state index contributed by atoms with van der Waals surface area (Å²) in [6.45, 7) is -0.157. The average Bonchev–Trinajstić information content (AvgIpc) is 3.36. The van der Waals surface area contributed by atoms with Crippen LogP contribution in [0.3, 0.4) is 0 Å². The van der Waals surface area contributed by atoms with Crippen LogP contribution < -0.4 is 0 Å². The van der Waals surface area contributed by atoms with Gasteiger partial charge in [0, 0.05) is 22.9 Å². The van der Waals surface area contributed by atoms with Gasteiger partial charge in [-0.3, -0.25) is 14.9 Å². The van der Waals surface area contributed by atoms with Crippen LogP contribution in [0.5, 0.6) is 0 Å². The Morgan fingerprint density at radius 1 is 1.15 bits per heavy atom. The second-order valence-electron chi connectivity index (χ2n) is 8.04. The number of alkyl halides is 3. The first-order chi connectivity index (χ1) is 15.6. The predicted octanol–water partition coefficient (Wildman–Crippen LogP) is 4.78. The van der Waals surface area contributed by atoms with Crippen molar-refractivity contribution in [3.05, 3.63) is 86.7 Å². The highest BCUT2D eigenvalue weighted by molar-refractivity contribution is 5.94. The van der Waals surface area contributed by atoms with Gasteiger partial charge in [0.25, 0.3) is 11.6 Å². The third-order valence-corrected chi connectivity index (χ3v) is 5.62. The summed E-state index contributed by atoms with van der Waals surface area (Å²) >= 11 is 0. The zero-order valence-corrected chi connectivity index (χ0v) is 17.8. The predicted molar refractivity (Wildman–Crippen MR) is 114 cm³/mol. The zero-order chi connectivity index (χ0) is 23.8. The van der Waals surface area contributed by atoms with Gasteiger partial charge in [0.05, 0.1) is 17.2 Å². The lowest BCUT2D eigenvalue weighted by atomic mass is 10.1. The fourth-order valence-electron chi connectivity index (χ4n) is 4.10. The number of hydrogen-bond donors (Lipinski definition) is 0. The molecule has 0 saturated carbocycles. The summed E-state index contributed by atoms with van der Waals surface area (Å²) < 4.78 is 41.7. The zero-order valence-electron chi connectivity index (χ0n) is 17.8. The van der Waals surface area contributed by atoms with Crippen LogP contribution in [0.25, 0.3) is 5.69 Å². The van der Waals surface area contributed by atoms with Crippen molar-refractivity contribution in [1.82, 2.24) is 14.7 Å². The van der Waals surface area contributed by atoms with E-state index in [0.29, 0.717) is 23.3 Å². The minimum absolute atomic E-state index is 0.0229. The second kappa shape index (κ2) is 8.68. The van der Waals surface area contributed by atoms with E-state index in [1.165, 1.54) is 24.3 Å². The Morgan fingerprint density at radius 2 is 1.85 bits per heavy atom. The van der Waals surface area contributed by atoms with Crippen LogP contribution in [-0.4, -0.2) is 38.2 Å². The number of benzene rings is 2. The number of halogens is 3. The molecule has 7 nitrogen and oxygen atoms in total. The molecule has 4 rings (SSSR count). The van der Waals surface area contributed by atoms with E-state index in [9.17, 15) is 28.1 Å². The van der Waals surface area contributed by atoms with E-state index in [4.69, 9.17) is 0 Å². The van der Waals surface area contributed by atoms with Crippen LogP contribution in [0.4, 0.5) is 18.9 Å². The first-order valence-electron chi connectivity index (χ1n) is 10.4. The van der Waals surface area contributed by atoms with Gasteiger partial charge in [0.1, 0.15) is 6.54 Å². The van der Waals surface area contributed by atoms with Crippen LogP contribution in [0.2, 0.25) is 0 Å². The Morgan fingerprint density at radius 3 is 2.52 bits per heavy atom. The number of nitro groups is 1. The molecular weight excluding hydrogens is 437 g/mol. The van der Waals surface area contributed by atoms with Crippen LogP contribution >= 0.6 is 0 Å². The van der Waals surface area contributed by atoms with Crippen molar-refractivity contribution < 1.29 is 22.9 Å². The number of hydrogen-bond acceptors (Lipinski definition) is 4. The molecule has 1 heterocycles. The highest BCUT2D eigenvalue weighted by atomic mass is 19.4. The van der Waals surface area contributed by atoms with E-state index in [2.05, 4.69) is 5.10 Å². The maximum atomic E-state index is 13.4. The van der Waals surface area contributed by atoms with Crippen molar-refractivity contribution in [2.45, 2.75) is 38.9 Å². The maximum absolute atomic E-state index is 13.4. The van der Waals surface area contributed by atoms with Gasteiger partial charge in [-0.15, -0.1) is 0 Å². The fourth-order valence-corrected chi connectivity index (χ4v) is 4.10. The molecule has 0 atom stereocenters. The molecule has 1 aliphatic rings. The molecule has 1 aromatic heterocycles. The van der Waals surface area contributed by atoms with Crippen LogP contribution in [0, 0.1) is 17.0 Å². The number of nitro benzene ring substituents is 1. The number of carbonyl (C=O) groups is 1. The molecule has 0 radical (unpaired) electrons. The van der Waals surface area contributed by atoms with Gasteiger partial charge in [0.2, 0.25) is 0 Å². The Hall–Kier alpha value is -3.69. The van der Waals surface area contributed by atoms with E-state index < -0.39 is 30.1 Å². The Labute approximate surface area is 187 Å². The van der Waals surface area contributed by atoms with Gasteiger partial charge in [-0.1, -0.05) is 35.9 Å². The molecule has 0 N–H and O–H groups in total. The average molecular weight is 458 g/mol. The van der Waals surface area contributed by atoms with Crippen LogP contribution in [0.1, 0.15) is 39.3 Å². The summed E-state index contributed by atoms with van der Waals surface area (Å²) in [5, 5.41) is 15.7. The number of nitrogens with zero attached hydrogens (tertiary/aromatic N) is 4. The summed E-state index contributed by atoms with van der Waals surface area (Å²) in [6.07, 6.45) is -2.72. The maximum Gasteiger partial charge on any atom is 0.406 e. The fraction of sp³-hybridized carbons (Fsp3) is 0.304. The molecule has 1 aliphatic carbocycles. The molecule has 0 saturated heterocycles. The third-order valence-electron chi connectivity index (χ3n) is 5.62. The number of amides is 1. The van der Waals surface area contributed by atoms with Crippen molar-refractivity contribution in [3.63, 3.8) is 0 Å². The molecule has 3 aromatic rings. The molecular formula is C23H21F3N4O3. The quantitative estimate of drug-likeness (QED) is 0.393. The molecule has 10 heteroatoms. The summed E-state index contributed by atoms with van der Waals surface area (Å²) in [5.74, 6) is -0.894. The second-order valence-corrected chi connectivity index (χ2v) is 8.04. The molecule has 2 aromatic carbocycles. The van der Waals surface area contributed by atoms with Crippen molar-refractivity contribution in [2.24, 2.45) is 0 Å². The highest BCUT2D eigenvalue weighted by Crippen LogP contribution is 2.30. The molecule has 0 bridgehead atoms. The van der Waals surface area contributed by atoms with E-state index in [-0.39, 0.29) is 16.9 Å². The number of fused-ring (bicyclic) bond motifs is 1. The lowest BCUT2D eigenvalue weighted by Gasteiger charge is -2.23. The van der Waals surface area contributed by atoms with Crippen molar-refractivity contribution in [3.8, 4) is 5.69 Å². The van der Waals surface area contributed by atoms with Crippen molar-refractivity contribution >= 4 is 11.6 Å². The van der Waals surface area contributed by atoms with Crippen molar-refractivity contribution in [2.75, 3.05) is 6.54 Å². The highest BCUT2D eigenvalue weighted by Gasteiger charge is 2.37. The number of para-hydroxylation sites is 1. The molecule has 0 aliphatic heterocycles. The molecule has 0 spiro atoms. The lowest BCUT2D eigenvalue weighted by molar-refractivity contribution is -0.385. The summed E-state index contributed by atoms with van der Waals surface area (Å²) in [4.78, 5) is 24.6. The SMILES string of the molecule is Cc1ccc(-n2nc(C(=O)N(Cc3ccccc3[N+](=O)[O-])CC(F)(F)F)c3c2CCC3)cc1. The summed E-state index contributed by atoms with van der Waals surface area (Å²) in [7, 11) is 0. The van der Waals surface area contributed by atoms with Gasteiger partial charge in [-0.05, 0) is 38.3 Å². The summed E-state index contributed by atoms with van der Waals surface area (Å²) in [6, 6.07) is 12.9. The first kappa shape index (κ1) is 22.5. The van der Waals surface area contributed by atoms with E-state index >= 15 is 0 Å². The Kier molecular flexibility index (Phi) is 5.92. The van der Waals surface area contributed by atoms with Crippen LogP contribution in [0.15, 0.2) is 48.5 Å². The van der Waals surface area contributed by atoms with Gasteiger partial charge in [-0.25, -0.2) is 4.68 Å². The summed E-state index contributed by atoms with van der Waals surface area (Å²) in [5.41, 5.74) is 2.85. The van der Waals surface area contributed by atoms with E-state index in [1.54, 1.807) is 4.68 Å². The van der Waals surface area contributed by atoms with Gasteiger partial charge in [-0.2, -0.15) is 18.3 Å². The van der Waals surface area contributed by atoms with Gasteiger partial charge < -0.3 is 4.90 Å². The Bertz CT molecular complexity index is 1200. The Balaban J connectivity index is 1.74. The minimum atomic E-state index is -4.68. The number of rotatable bonds is 6. The molecule has 0 fully saturated rings. The smallest absolute Gasteiger partial charge is 0.324 e. The minimum Gasteiger partial charge on any atom is -0.324 e. The third kappa shape index (κ3) is 4.74. The van der Waals surface area contributed by atoms with Crippen molar-refractivity contribution in [1.29, 1.82) is 0 Å². The lowest BCUT2D eigenvalue weighted by Crippen LogP contribution is -2.39. The topological polar surface area (TPSA) is 81.3 Å². The molecule has 0 unspecified atom stereocenters. The standard InChI is InChI=1S/C23H21F3N4O3/c1-15-9-11-17(12-10-15)29-20-8-4-6-18(20)21(27-29)22(31)28(14-23(24,25)26)13-16-5-2-3-7-19(16)30(32)33/h2-3,5,7,9-12H,4,6,8,13-14H2,1H3.